The Morgan fingerprint density at radius 2 is 0.897 bits per heavy atom. The van der Waals surface area contributed by atoms with Gasteiger partial charge >= 0.3 is 0 Å². The lowest BCUT2D eigenvalue weighted by Crippen LogP contribution is -1.81. The highest BCUT2D eigenvalue weighted by Gasteiger charge is 2.21. The summed E-state index contributed by atoms with van der Waals surface area (Å²) in [5.41, 5.74) is 11.5. The van der Waals surface area contributed by atoms with Crippen LogP contribution in [-0.2, 0) is 0 Å². The monoisotopic (exact) mass is 500 g/mol. The maximum atomic E-state index is 6.59. The van der Waals surface area contributed by atoms with E-state index in [1.54, 1.807) is 0 Å². The molecule has 0 aliphatic carbocycles. The first-order valence-electron chi connectivity index (χ1n) is 13.3. The molecule has 0 aliphatic rings. The summed E-state index contributed by atoms with van der Waals surface area (Å²) in [7, 11) is 0. The number of hydrogen-bond donors (Lipinski definition) is 0. The van der Waals surface area contributed by atoms with Gasteiger partial charge in [0.15, 0.2) is 0 Å². The lowest BCUT2D eigenvalue weighted by atomic mass is 9.96. The molecule has 0 spiro atoms. The van der Waals surface area contributed by atoms with Crippen molar-refractivity contribution in [1.82, 2.24) is 0 Å². The third-order valence-electron chi connectivity index (χ3n) is 7.72. The fourth-order valence-corrected chi connectivity index (χ4v) is 5.82. The largest absolute Gasteiger partial charge is 0.455 e. The van der Waals surface area contributed by atoms with E-state index in [9.17, 15) is 0 Å². The van der Waals surface area contributed by atoms with Crippen molar-refractivity contribution in [1.29, 1.82) is 0 Å². The van der Waals surface area contributed by atoms with Crippen LogP contribution < -0.4 is 0 Å². The average Bonchev–Trinajstić information content (AvgIpc) is 3.54. The van der Waals surface area contributed by atoms with Gasteiger partial charge in [-0.3, -0.25) is 0 Å². The topological polar surface area (TPSA) is 26.3 Å². The lowest BCUT2D eigenvalue weighted by Gasteiger charge is -2.05. The van der Waals surface area contributed by atoms with Crippen LogP contribution in [0.3, 0.4) is 0 Å². The van der Waals surface area contributed by atoms with Gasteiger partial charge in [-0.2, -0.15) is 0 Å². The molecule has 2 heteroatoms. The van der Waals surface area contributed by atoms with Crippen molar-refractivity contribution in [2.45, 2.75) is 6.92 Å². The Morgan fingerprint density at radius 1 is 0.385 bits per heavy atom. The molecule has 2 nitrogen and oxygen atoms in total. The molecule has 184 valence electrons. The normalized spacial score (nSPS) is 11.7. The van der Waals surface area contributed by atoms with Crippen LogP contribution in [0.2, 0.25) is 0 Å². The standard InChI is InChI=1S/C37H24O2/c1-23-9-8-14-26(19-23)28-16-18-34-30(21-28)32-22-31-29-20-27(24-10-4-2-5-11-24)15-17-33(29)38-36(31)35(37(32)39-34)25-12-6-3-7-13-25/h2-22H,1H3. The Labute approximate surface area is 225 Å². The zero-order valence-corrected chi connectivity index (χ0v) is 21.4. The highest BCUT2D eigenvalue weighted by Crippen LogP contribution is 2.45. The molecular weight excluding hydrogens is 476 g/mol. The van der Waals surface area contributed by atoms with E-state index in [-0.39, 0.29) is 0 Å². The van der Waals surface area contributed by atoms with Crippen LogP contribution in [0.25, 0.3) is 77.3 Å². The number of aryl methyl sites for hydroxylation is 1. The number of benzene rings is 6. The van der Waals surface area contributed by atoms with Crippen LogP contribution in [0.1, 0.15) is 5.56 Å². The summed E-state index contributed by atoms with van der Waals surface area (Å²) in [6.07, 6.45) is 0. The summed E-state index contributed by atoms with van der Waals surface area (Å²) >= 11 is 0. The predicted octanol–water partition coefficient (Wildman–Crippen LogP) is 10.8. The van der Waals surface area contributed by atoms with Gasteiger partial charge in [0.05, 0.1) is 5.56 Å². The minimum absolute atomic E-state index is 0.854. The number of rotatable bonds is 3. The summed E-state index contributed by atoms with van der Waals surface area (Å²) in [4.78, 5) is 0. The van der Waals surface area contributed by atoms with Crippen molar-refractivity contribution >= 4 is 43.9 Å². The summed E-state index contributed by atoms with van der Waals surface area (Å²) in [6, 6.07) is 44.8. The van der Waals surface area contributed by atoms with Crippen LogP contribution in [0.5, 0.6) is 0 Å². The van der Waals surface area contributed by atoms with Crippen molar-refractivity contribution in [2.75, 3.05) is 0 Å². The Morgan fingerprint density at radius 3 is 1.49 bits per heavy atom. The number of fused-ring (bicyclic) bond motifs is 6. The summed E-state index contributed by atoms with van der Waals surface area (Å²) in [5.74, 6) is 0. The number of hydrogen-bond acceptors (Lipinski definition) is 2. The van der Waals surface area contributed by atoms with E-state index >= 15 is 0 Å². The van der Waals surface area contributed by atoms with Crippen LogP contribution >= 0.6 is 0 Å². The molecule has 0 saturated carbocycles. The smallest absolute Gasteiger partial charge is 0.147 e. The molecular formula is C37H24O2. The molecule has 0 aliphatic heterocycles. The first-order valence-corrected chi connectivity index (χ1v) is 13.3. The summed E-state index contributed by atoms with van der Waals surface area (Å²) in [5, 5.41) is 4.41. The van der Waals surface area contributed by atoms with E-state index in [4.69, 9.17) is 8.83 Å². The van der Waals surface area contributed by atoms with E-state index < -0.39 is 0 Å². The molecule has 2 aromatic heterocycles. The molecule has 0 bridgehead atoms. The fourth-order valence-electron chi connectivity index (χ4n) is 5.82. The quantitative estimate of drug-likeness (QED) is 0.241. The maximum Gasteiger partial charge on any atom is 0.147 e. The van der Waals surface area contributed by atoms with Crippen molar-refractivity contribution < 1.29 is 8.83 Å². The Bertz CT molecular complexity index is 2160. The van der Waals surface area contributed by atoms with Crippen molar-refractivity contribution in [3.05, 3.63) is 133 Å². The first kappa shape index (κ1) is 22.0. The second-order valence-electron chi connectivity index (χ2n) is 10.2. The van der Waals surface area contributed by atoms with E-state index in [1.165, 1.54) is 27.8 Å². The molecule has 0 atom stereocenters. The van der Waals surface area contributed by atoms with Crippen LogP contribution in [0.4, 0.5) is 0 Å². The molecule has 8 rings (SSSR count). The SMILES string of the molecule is Cc1cccc(-c2ccc3oc4c(-c5ccccc5)c5oc6ccc(-c7ccccc7)cc6c5cc4c3c2)c1. The second-order valence-corrected chi connectivity index (χ2v) is 10.2. The second kappa shape index (κ2) is 8.47. The van der Waals surface area contributed by atoms with Crippen molar-refractivity contribution in [3.63, 3.8) is 0 Å². The van der Waals surface area contributed by atoms with Gasteiger partial charge in [-0.25, -0.2) is 0 Å². The number of furan rings is 2. The average molecular weight is 501 g/mol. The summed E-state index contributed by atoms with van der Waals surface area (Å²) < 4.78 is 13.2. The van der Waals surface area contributed by atoms with Crippen LogP contribution in [0.15, 0.2) is 136 Å². The molecule has 0 radical (unpaired) electrons. The van der Waals surface area contributed by atoms with Gasteiger partial charge in [-0.05, 0) is 65.1 Å². The maximum absolute atomic E-state index is 6.59. The van der Waals surface area contributed by atoms with Crippen LogP contribution in [-0.4, -0.2) is 0 Å². The molecule has 6 aromatic carbocycles. The molecule has 0 N–H and O–H groups in total. The molecule has 8 aromatic rings. The third-order valence-corrected chi connectivity index (χ3v) is 7.72. The fraction of sp³-hybridized carbons (Fsp3) is 0.0270. The van der Waals surface area contributed by atoms with E-state index in [1.807, 2.05) is 12.1 Å². The van der Waals surface area contributed by atoms with Gasteiger partial charge in [0, 0.05) is 21.5 Å². The molecule has 0 unspecified atom stereocenters. The Kier molecular flexibility index (Phi) is 4.77. The van der Waals surface area contributed by atoms with E-state index in [2.05, 4.69) is 122 Å². The Balaban J connectivity index is 1.47. The van der Waals surface area contributed by atoms with Gasteiger partial charge in [0.25, 0.3) is 0 Å². The summed E-state index contributed by atoms with van der Waals surface area (Å²) in [6.45, 7) is 2.13. The third kappa shape index (κ3) is 3.49. The zero-order chi connectivity index (χ0) is 25.9. The van der Waals surface area contributed by atoms with Gasteiger partial charge in [0.2, 0.25) is 0 Å². The van der Waals surface area contributed by atoms with E-state index in [0.717, 1.165) is 55.0 Å². The predicted molar refractivity (Wildman–Crippen MR) is 162 cm³/mol. The highest BCUT2D eigenvalue weighted by molar-refractivity contribution is 6.22. The minimum atomic E-state index is 0.854. The minimum Gasteiger partial charge on any atom is -0.455 e. The molecule has 39 heavy (non-hydrogen) atoms. The first-order chi connectivity index (χ1) is 19.2. The van der Waals surface area contributed by atoms with Crippen molar-refractivity contribution in [2.24, 2.45) is 0 Å². The van der Waals surface area contributed by atoms with Crippen LogP contribution in [0, 0.1) is 6.92 Å². The van der Waals surface area contributed by atoms with Gasteiger partial charge in [-0.1, -0.05) is 103 Å². The lowest BCUT2D eigenvalue weighted by molar-refractivity contribution is 0.658. The Hall–Kier alpha value is -5.08. The van der Waals surface area contributed by atoms with Gasteiger partial charge < -0.3 is 8.83 Å². The molecule has 0 saturated heterocycles. The van der Waals surface area contributed by atoms with Gasteiger partial charge in [0.1, 0.15) is 22.3 Å². The zero-order valence-electron chi connectivity index (χ0n) is 21.4. The molecule has 2 heterocycles. The highest BCUT2D eigenvalue weighted by atomic mass is 16.3. The molecule has 0 amide bonds. The van der Waals surface area contributed by atoms with Gasteiger partial charge in [-0.15, -0.1) is 0 Å². The molecule has 0 fully saturated rings. The van der Waals surface area contributed by atoms with Crippen molar-refractivity contribution in [3.8, 4) is 33.4 Å². The van der Waals surface area contributed by atoms with E-state index in [0.29, 0.717) is 0 Å².